The average molecular weight is 480 g/mol. The zero-order valence-electron chi connectivity index (χ0n) is 18.1. The second kappa shape index (κ2) is 10.3. The summed E-state index contributed by atoms with van der Waals surface area (Å²) in [7, 11) is 0. The van der Waals surface area contributed by atoms with Crippen LogP contribution in [0.1, 0.15) is 39.7 Å². The number of nitrogens with zero attached hydrogens (tertiary/aromatic N) is 2. The Kier molecular flexibility index (Phi) is 7.45. The molecule has 4 rings (SSSR count). The Labute approximate surface area is 196 Å². The first kappa shape index (κ1) is 23.2. The van der Waals surface area contributed by atoms with Crippen molar-refractivity contribution in [3.63, 3.8) is 0 Å². The summed E-state index contributed by atoms with van der Waals surface area (Å²) in [5, 5.41) is 3.72. The molecule has 32 heavy (non-hydrogen) atoms. The molecule has 2 aromatic rings. The van der Waals surface area contributed by atoms with Crippen molar-refractivity contribution < 1.29 is 18.7 Å². The first-order chi connectivity index (χ1) is 15.4. The van der Waals surface area contributed by atoms with E-state index in [1.54, 1.807) is 19.1 Å². The highest BCUT2D eigenvalue weighted by molar-refractivity contribution is 7.17. The lowest BCUT2D eigenvalue weighted by molar-refractivity contribution is -0.117. The summed E-state index contributed by atoms with van der Waals surface area (Å²) in [6, 6.07) is 4.81. The molecule has 0 radical (unpaired) electrons. The second-order valence-corrected chi connectivity index (χ2v) is 9.64. The van der Waals surface area contributed by atoms with E-state index in [1.807, 2.05) is 0 Å². The maximum atomic E-state index is 13.3. The highest BCUT2D eigenvalue weighted by atomic mass is 35.5. The normalized spacial score (nSPS) is 16.7. The number of esters is 1. The van der Waals surface area contributed by atoms with Crippen LogP contribution < -0.4 is 5.32 Å². The Hall–Kier alpha value is -2.00. The predicted molar refractivity (Wildman–Crippen MR) is 124 cm³/mol. The number of rotatable bonds is 7. The smallest absolute Gasteiger partial charge is 0.341 e. The summed E-state index contributed by atoms with van der Waals surface area (Å²) >= 11 is 7.38. The maximum Gasteiger partial charge on any atom is 0.341 e. The van der Waals surface area contributed by atoms with Gasteiger partial charge in [-0.2, -0.15) is 0 Å². The summed E-state index contributed by atoms with van der Waals surface area (Å²) in [5.74, 6) is -0.876. The van der Waals surface area contributed by atoms with Crippen LogP contribution in [0.4, 0.5) is 9.39 Å². The molecule has 2 heterocycles. The highest BCUT2D eigenvalue weighted by Gasteiger charge is 2.29. The van der Waals surface area contributed by atoms with E-state index >= 15 is 0 Å². The molecule has 0 spiro atoms. The number of anilines is 1. The summed E-state index contributed by atoms with van der Waals surface area (Å²) in [6.45, 7) is 6.21. The number of piperazine rings is 1. The third-order valence-electron chi connectivity index (χ3n) is 5.88. The molecule has 1 aromatic heterocycles. The quantitative estimate of drug-likeness (QED) is 0.609. The summed E-state index contributed by atoms with van der Waals surface area (Å²) in [5.41, 5.74) is 2.55. The van der Waals surface area contributed by atoms with Gasteiger partial charge in [0.2, 0.25) is 5.91 Å². The second-order valence-electron chi connectivity index (χ2n) is 8.13. The van der Waals surface area contributed by atoms with E-state index in [4.69, 9.17) is 16.3 Å². The van der Waals surface area contributed by atoms with Gasteiger partial charge in [0.25, 0.3) is 0 Å². The number of hydrogen-bond acceptors (Lipinski definition) is 6. The number of nitrogens with one attached hydrogen (secondary N) is 1. The SMILES string of the molecule is CCOC(=O)c1c(NC(=O)CN2CCN(Cc3ccc(F)c(Cl)c3)CC2)sc2c1CCC2. The number of carbonyl (C=O) groups excluding carboxylic acids is 2. The molecule has 1 aliphatic heterocycles. The van der Waals surface area contributed by atoms with Crippen molar-refractivity contribution in [3.05, 3.63) is 50.6 Å². The van der Waals surface area contributed by atoms with Gasteiger partial charge in [-0.3, -0.25) is 14.6 Å². The molecule has 0 saturated carbocycles. The van der Waals surface area contributed by atoms with Crippen LogP contribution in [0.25, 0.3) is 0 Å². The van der Waals surface area contributed by atoms with Crippen LogP contribution in [0.2, 0.25) is 5.02 Å². The molecule has 0 atom stereocenters. The van der Waals surface area contributed by atoms with Crippen LogP contribution in [-0.2, 0) is 28.9 Å². The third kappa shape index (κ3) is 5.31. The molecule has 1 aliphatic carbocycles. The largest absolute Gasteiger partial charge is 0.462 e. The molecule has 6 nitrogen and oxygen atoms in total. The highest BCUT2D eigenvalue weighted by Crippen LogP contribution is 2.39. The minimum Gasteiger partial charge on any atom is -0.462 e. The van der Waals surface area contributed by atoms with E-state index in [0.717, 1.165) is 56.6 Å². The summed E-state index contributed by atoms with van der Waals surface area (Å²) < 4.78 is 18.6. The lowest BCUT2D eigenvalue weighted by atomic mass is 10.1. The number of fused-ring (bicyclic) bond motifs is 1. The number of aryl methyl sites for hydroxylation is 1. The minimum absolute atomic E-state index is 0.116. The number of halogens is 2. The van der Waals surface area contributed by atoms with E-state index in [0.29, 0.717) is 23.7 Å². The first-order valence-corrected chi connectivity index (χ1v) is 12.1. The molecule has 172 valence electrons. The Balaban J connectivity index is 1.30. The lowest BCUT2D eigenvalue weighted by Crippen LogP contribution is -2.48. The van der Waals surface area contributed by atoms with Crippen LogP contribution in [-0.4, -0.2) is 61.0 Å². The Morgan fingerprint density at radius 1 is 1.19 bits per heavy atom. The molecule has 2 aliphatic rings. The number of thiophene rings is 1. The predicted octanol–water partition coefficient (Wildman–Crippen LogP) is 3.96. The molecule has 1 N–H and O–H groups in total. The van der Waals surface area contributed by atoms with Crippen LogP contribution in [0, 0.1) is 5.82 Å². The van der Waals surface area contributed by atoms with E-state index in [9.17, 15) is 14.0 Å². The molecule has 0 unspecified atom stereocenters. The van der Waals surface area contributed by atoms with Crippen molar-refractivity contribution in [1.82, 2.24) is 9.80 Å². The standard InChI is InChI=1S/C23H27ClFN3O3S/c1-2-31-23(30)21-16-4-3-5-19(16)32-22(21)26-20(29)14-28-10-8-27(9-11-28)13-15-6-7-18(25)17(24)12-15/h6-7,12H,2-5,8-11,13-14H2,1H3,(H,26,29). The van der Waals surface area contributed by atoms with Crippen molar-refractivity contribution in [3.8, 4) is 0 Å². The van der Waals surface area contributed by atoms with E-state index < -0.39 is 5.82 Å². The van der Waals surface area contributed by atoms with Crippen molar-refractivity contribution in [1.29, 1.82) is 0 Å². The van der Waals surface area contributed by atoms with Gasteiger partial charge in [-0.1, -0.05) is 17.7 Å². The fourth-order valence-electron chi connectivity index (χ4n) is 4.28. The zero-order valence-corrected chi connectivity index (χ0v) is 19.7. The summed E-state index contributed by atoms with van der Waals surface area (Å²) in [4.78, 5) is 30.7. The van der Waals surface area contributed by atoms with E-state index in [-0.39, 0.29) is 23.4 Å². The van der Waals surface area contributed by atoms with Crippen molar-refractivity contribution in [2.24, 2.45) is 0 Å². The topological polar surface area (TPSA) is 61.9 Å². The van der Waals surface area contributed by atoms with Gasteiger partial charge in [0.1, 0.15) is 10.8 Å². The Morgan fingerprint density at radius 3 is 2.66 bits per heavy atom. The maximum absolute atomic E-state index is 13.3. The van der Waals surface area contributed by atoms with Crippen LogP contribution in [0.15, 0.2) is 18.2 Å². The number of hydrogen-bond donors (Lipinski definition) is 1. The molecular weight excluding hydrogens is 453 g/mol. The van der Waals surface area contributed by atoms with E-state index in [2.05, 4.69) is 15.1 Å². The number of amides is 1. The zero-order chi connectivity index (χ0) is 22.7. The van der Waals surface area contributed by atoms with Crippen LogP contribution in [0.3, 0.4) is 0 Å². The molecule has 1 amide bonds. The van der Waals surface area contributed by atoms with Crippen molar-refractivity contribution in [2.75, 3.05) is 44.6 Å². The molecule has 1 saturated heterocycles. The first-order valence-electron chi connectivity index (χ1n) is 10.9. The van der Waals surface area contributed by atoms with Gasteiger partial charge in [-0.25, -0.2) is 9.18 Å². The minimum atomic E-state index is -0.409. The van der Waals surface area contributed by atoms with Crippen molar-refractivity contribution in [2.45, 2.75) is 32.7 Å². The van der Waals surface area contributed by atoms with Crippen LogP contribution in [0.5, 0.6) is 0 Å². The Bertz CT molecular complexity index is 1000. The molecular formula is C23H27ClFN3O3S. The van der Waals surface area contributed by atoms with Gasteiger partial charge in [0.05, 0.1) is 23.7 Å². The number of benzene rings is 1. The van der Waals surface area contributed by atoms with Gasteiger partial charge in [0.15, 0.2) is 0 Å². The molecule has 9 heteroatoms. The molecule has 1 aromatic carbocycles. The summed E-state index contributed by atoms with van der Waals surface area (Å²) in [6.07, 6.45) is 2.84. The van der Waals surface area contributed by atoms with Gasteiger partial charge >= 0.3 is 5.97 Å². The monoisotopic (exact) mass is 479 g/mol. The van der Waals surface area contributed by atoms with Crippen molar-refractivity contribution >= 4 is 39.8 Å². The van der Waals surface area contributed by atoms with Gasteiger partial charge in [-0.15, -0.1) is 11.3 Å². The average Bonchev–Trinajstić information content (AvgIpc) is 3.33. The Morgan fingerprint density at radius 2 is 1.94 bits per heavy atom. The number of carbonyl (C=O) groups is 2. The third-order valence-corrected chi connectivity index (χ3v) is 7.37. The fourth-order valence-corrected chi connectivity index (χ4v) is 5.78. The van der Waals surface area contributed by atoms with Gasteiger partial charge in [0, 0.05) is 37.6 Å². The number of ether oxygens (including phenoxy) is 1. The van der Waals surface area contributed by atoms with Crippen LogP contribution >= 0.6 is 22.9 Å². The molecule has 0 bridgehead atoms. The van der Waals surface area contributed by atoms with Gasteiger partial charge in [-0.05, 0) is 49.4 Å². The molecule has 1 fully saturated rings. The fraction of sp³-hybridized carbons (Fsp3) is 0.478. The van der Waals surface area contributed by atoms with E-state index in [1.165, 1.54) is 22.3 Å². The van der Waals surface area contributed by atoms with Gasteiger partial charge < -0.3 is 10.1 Å². The lowest BCUT2D eigenvalue weighted by Gasteiger charge is -2.34.